The van der Waals surface area contributed by atoms with Crippen LogP contribution in [0.25, 0.3) is 0 Å². The molecule has 1 heterocycles. The molecule has 2 aromatic rings. The number of hydrogen-bond acceptors (Lipinski definition) is 4. The van der Waals surface area contributed by atoms with E-state index >= 15 is 0 Å². The number of nitrogens with zero attached hydrogens (tertiary/aromatic N) is 1. The van der Waals surface area contributed by atoms with E-state index in [4.69, 9.17) is 14.6 Å². The van der Waals surface area contributed by atoms with Crippen LogP contribution in [0.5, 0.6) is 11.5 Å². The minimum absolute atomic E-state index is 0.153. The fraction of sp³-hybridized carbons (Fsp3) is 0.222. The van der Waals surface area contributed by atoms with Crippen LogP contribution in [0.1, 0.15) is 16.8 Å². The predicted octanol–water partition coefficient (Wildman–Crippen LogP) is 2.58. The summed E-state index contributed by atoms with van der Waals surface area (Å²) in [6, 6.07) is 13.4. The summed E-state index contributed by atoms with van der Waals surface area (Å²) in [7, 11) is 1.58. The van der Waals surface area contributed by atoms with Crippen molar-refractivity contribution in [3.8, 4) is 11.5 Å². The molecule has 3 rings (SSSR count). The molecule has 0 aliphatic carbocycles. The molecule has 1 aliphatic heterocycles. The van der Waals surface area contributed by atoms with Gasteiger partial charge in [-0.2, -0.15) is 0 Å². The van der Waals surface area contributed by atoms with Crippen molar-refractivity contribution in [1.82, 2.24) is 0 Å². The number of benzene rings is 2. The van der Waals surface area contributed by atoms with Crippen molar-refractivity contribution in [3.63, 3.8) is 0 Å². The molecule has 0 aromatic heterocycles. The topological polar surface area (TPSA) is 76.1 Å². The third kappa shape index (κ3) is 3.17. The van der Waals surface area contributed by atoms with E-state index < -0.39 is 12.1 Å². The van der Waals surface area contributed by atoms with Gasteiger partial charge in [0.05, 0.1) is 12.7 Å². The lowest BCUT2D eigenvalue weighted by Gasteiger charge is -2.17. The monoisotopic (exact) mass is 327 g/mol. The highest BCUT2D eigenvalue weighted by atomic mass is 16.5. The quantitative estimate of drug-likeness (QED) is 0.913. The van der Waals surface area contributed by atoms with Crippen molar-refractivity contribution < 1.29 is 24.2 Å². The number of ether oxygens (including phenoxy) is 2. The zero-order valence-electron chi connectivity index (χ0n) is 13.1. The van der Waals surface area contributed by atoms with Crippen LogP contribution in [0, 0.1) is 0 Å². The number of rotatable bonds is 5. The van der Waals surface area contributed by atoms with E-state index in [0.717, 1.165) is 0 Å². The molecule has 124 valence electrons. The molecule has 0 unspecified atom stereocenters. The normalized spacial score (nSPS) is 17.0. The second-order valence-corrected chi connectivity index (χ2v) is 5.42. The van der Waals surface area contributed by atoms with Gasteiger partial charge in [-0.3, -0.25) is 4.79 Å². The molecule has 1 aliphatic rings. The van der Waals surface area contributed by atoms with Crippen LogP contribution in [0.15, 0.2) is 48.5 Å². The molecule has 0 saturated carbocycles. The van der Waals surface area contributed by atoms with Crippen LogP contribution in [-0.4, -0.2) is 36.7 Å². The Morgan fingerprint density at radius 2 is 1.88 bits per heavy atom. The molecule has 1 amide bonds. The van der Waals surface area contributed by atoms with Crippen molar-refractivity contribution in [3.05, 3.63) is 54.1 Å². The van der Waals surface area contributed by atoms with Gasteiger partial charge in [0.25, 0.3) is 5.91 Å². The highest BCUT2D eigenvalue weighted by Gasteiger charge is 2.34. The third-order valence-electron chi connectivity index (χ3n) is 3.90. The molecule has 1 fully saturated rings. The van der Waals surface area contributed by atoms with Crippen molar-refractivity contribution in [2.24, 2.45) is 0 Å². The first kappa shape index (κ1) is 15.9. The fourth-order valence-corrected chi connectivity index (χ4v) is 2.64. The number of carboxylic acids is 1. The number of methoxy groups -OCH3 is 1. The van der Waals surface area contributed by atoms with E-state index in [1.54, 1.807) is 48.4 Å². The van der Waals surface area contributed by atoms with Crippen molar-refractivity contribution >= 4 is 17.6 Å². The van der Waals surface area contributed by atoms with Gasteiger partial charge in [0.2, 0.25) is 0 Å². The molecule has 2 aromatic carbocycles. The van der Waals surface area contributed by atoms with Crippen LogP contribution >= 0.6 is 0 Å². The fourth-order valence-electron chi connectivity index (χ4n) is 2.64. The maximum Gasteiger partial charge on any atom is 0.335 e. The van der Waals surface area contributed by atoms with Crippen LogP contribution in [0.2, 0.25) is 0 Å². The Morgan fingerprint density at radius 3 is 2.54 bits per heavy atom. The number of hydrogen-bond donors (Lipinski definition) is 1. The average molecular weight is 327 g/mol. The maximum absolute atomic E-state index is 12.5. The Bertz CT molecular complexity index is 756. The molecule has 1 saturated heterocycles. The molecule has 6 heteroatoms. The zero-order valence-corrected chi connectivity index (χ0v) is 13.1. The molecule has 0 spiro atoms. The van der Waals surface area contributed by atoms with Gasteiger partial charge in [-0.25, -0.2) is 4.79 Å². The summed E-state index contributed by atoms with van der Waals surface area (Å²) in [4.78, 5) is 25.2. The van der Waals surface area contributed by atoms with E-state index in [1.165, 1.54) is 12.1 Å². The van der Waals surface area contributed by atoms with Gasteiger partial charge in [-0.1, -0.05) is 6.07 Å². The van der Waals surface area contributed by atoms with Crippen molar-refractivity contribution in [1.29, 1.82) is 0 Å². The Balaban J connectivity index is 1.72. The van der Waals surface area contributed by atoms with E-state index in [2.05, 4.69) is 0 Å². The van der Waals surface area contributed by atoms with Crippen molar-refractivity contribution in [2.45, 2.75) is 12.5 Å². The minimum Gasteiger partial charge on any atom is -0.497 e. The summed E-state index contributed by atoms with van der Waals surface area (Å²) in [6.07, 6.45) is -0.0332. The largest absolute Gasteiger partial charge is 0.497 e. The van der Waals surface area contributed by atoms with Gasteiger partial charge in [-0.05, 0) is 42.5 Å². The number of anilines is 1. The van der Waals surface area contributed by atoms with Gasteiger partial charge in [0.15, 0.2) is 6.10 Å². The lowest BCUT2D eigenvalue weighted by molar-refractivity contribution is -0.122. The first-order chi connectivity index (χ1) is 11.6. The molecule has 1 N–H and O–H groups in total. The molecular formula is C18H17NO5. The first-order valence-electron chi connectivity index (χ1n) is 7.54. The summed E-state index contributed by atoms with van der Waals surface area (Å²) < 4.78 is 10.8. The lowest BCUT2D eigenvalue weighted by atomic mass is 10.2. The number of carbonyl (C=O) groups is 2. The number of carbonyl (C=O) groups excluding carboxylic acids is 1. The zero-order chi connectivity index (χ0) is 17.1. The third-order valence-corrected chi connectivity index (χ3v) is 3.90. The number of aromatic carboxylic acids is 1. The first-order valence-corrected chi connectivity index (χ1v) is 7.54. The highest BCUT2D eigenvalue weighted by Crippen LogP contribution is 2.26. The molecular weight excluding hydrogens is 310 g/mol. The predicted molar refractivity (Wildman–Crippen MR) is 87.8 cm³/mol. The summed E-state index contributed by atoms with van der Waals surface area (Å²) in [5.41, 5.74) is 0.723. The van der Waals surface area contributed by atoms with Crippen molar-refractivity contribution in [2.75, 3.05) is 18.6 Å². The van der Waals surface area contributed by atoms with Gasteiger partial charge in [0.1, 0.15) is 11.5 Å². The Kier molecular flexibility index (Phi) is 4.37. The molecule has 24 heavy (non-hydrogen) atoms. The highest BCUT2D eigenvalue weighted by molar-refractivity contribution is 6.00. The lowest BCUT2D eigenvalue weighted by Crippen LogP contribution is -2.32. The summed E-state index contributed by atoms with van der Waals surface area (Å²) in [6.45, 7) is 0.489. The van der Waals surface area contributed by atoms with E-state index in [-0.39, 0.29) is 11.5 Å². The smallest absolute Gasteiger partial charge is 0.335 e. The van der Waals surface area contributed by atoms with E-state index in [9.17, 15) is 9.59 Å². The Labute approximate surface area is 139 Å². The van der Waals surface area contributed by atoms with E-state index in [1.807, 2.05) is 0 Å². The summed E-state index contributed by atoms with van der Waals surface area (Å²) in [5, 5.41) is 9.07. The van der Waals surface area contributed by atoms with Crippen LogP contribution in [-0.2, 0) is 4.79 Å². The number of amides is 1. The molecule has 0 radical (unpaired) electrons. The second kappa shape index (κ2) is 6.62. The average Bonchev–Trinajstić information content (AvgIpc) is 2.96. The Morgan fingerprint density at radius 1 is 1.17 bits per heavy atom. The van der Waals surface area contributed by atoms with E-state index in [0.29, 0.717) is 30.2 Å². The van der Waals surface area contributed by atoms with Gasteiger partial charge >= 0.3 is 5.97 Å². The molecule has 0 bridgehead atoms. The SMILES string of the molecule is COc1ccc(O[C@H]2CCN(c3cccc(C(=O)O)c3)C2=O)cc1. The maximum atomic E-state index is 12.5. The van der Waals surface area contributed by atoms with Gasteiger partial charge < -0.3 is 19.5 Å². The Hall–Kier alpha value is -3.02. The number of carboxylic acid groups (broad SMARTS) is 1. The summed E-state index contributed by atoms with van der Waals surface area (Å²) >= 11 is 0. The van der Waals surface area contributed by atoms with Crippen LogP contribution < -0.4 is 14.4 Å². The van der Waals surface area contributed by atoms with Gasteiger partial charge in [-0.15, -0.1) is 0 Å². The minimum atomic E-state index is -1.02. The van der Waals surface area contributed by atoms with Crippen LogP contribution in [0.3, 0.4) is 0 Å². The standard InChI is InChI=1S/C18H17NO5/c1-23-14-5-7-15(8-6-14)24-16-9-10-19(17(16)20)13-4-2-3-12(11-13)18(21)22/h2-8,11,16H,9-10H2,1H3,(H,21,22)/t16-/m0/s1. The second-order valence-electron chi connectivity index (χ2n) is 5.42. The molecule has 6 nitrogen and oxygen atoms in total. The van der Waals surface area contributed by atoms with Crippen LogP contribution in [0.4, 0.5) is 5.69 Å². The summed E-state index contributed by atoms with van der Waals surface area (Å²) in [5.74, 6) is 0.116. The molecule has 1 atom stereocenters. The van der Waals surface area contributed by atoms with Gasteiger partial charge in [0, 0.05) is 18.7 Å².